The molecular weight excluding hydrogens is 219 g/mol. The first-order valence-electron chi connectivity index (χ1n) is 4.58. The summed E-state index contributed by atoms with van der Waals surface area (Å²) in [7, 11) is -4.56. The largest absolute Gasteiger partial charge is 0.527 e. The molecule has 0 aliphatic rings. The van der Waals surface area contributed by atoms with Crippen molar-refractivity contribution in [2.45, 2.75) is 26.2 Å². The predicted octanol–water partition coefficient (Wildman–Crippen LogP) is 1.29. The Balaban J connectivity index is 2.70. The van der Waals surface area contributed by atoms with E-state index < -0.39 is 7.82 Å². The van der Waals surface area contributed by atoms with Crippen LogP contribution in [0.2, 0.25) is 0 Å². The van der Waals surface area contributed by atoms with Crippen LogP contribution in [0.3, 0.4) is 0 Å². The highest BCUT2D eigenvalue weighted by atomic mass is 31.2. The van der Waals surface area contributed by atoms with Crippen LogP contribution in [0.1, 0.15) is 25.5 Å². The van der Waals surface area contributed by atoms with Gasteiger partial charge in [0.25, 0.3) is 0 Å². The van der Waals surface area contributed by atoms with Gasteiger partial charge in [-0.1, -0.05) is 13.3 Å². The first-order valence-corrected chi connectivity index (χ1v) is 6.11. The molecule has 1 aromatic heterocycles. The van der Waals surface area contributed by atoms with Gasteiger partial charge in [-0.3, -0.25) is 9.79 Å². The molecule has 15 heavy (non-hydrogen) atoms. The fourth-order valence-electron chi connectivity index (χ4n) is 1.02. The standard InChI is InChI=1S/C8H13N2O4P/c1-2-3-4-7-5-6-9-8(10-7)14-15(11,12)13/h5-6H,2-4H2,1H3,(H2,11,12,13). The molecule has 0 atom stereocenters. The average molecular weight is 232 g/mol. The molecule has 0 spiro atoms. The quantitative estimate of drug-likeness (QED) is 0.743. The van der Waals surface area contributed by atoms with Crippen molar-refractivity contribution in [1.82, 2.24) is 9.97 Å². The van der Waals surface area contributed by atoms with Crippen LogP contribution in [0.4, 0.5) is 0 Å². The van der Waals surface area contributed by atoms with Crippen LogP contribution in [0.5, 0.6) is 6.01 Å². The maximum absolute atomic E-state index is 10.5. The molecule has 0 saturated heterocycles. The molecule has 0 saturated carbocycles. The maximum atomic E-state index is 10.5. The van der Waals surface area contributed by atoms with Crippen molar-refractivity contribution >= 4 is 7.82 Å². The fourth-order valence-corrected chi connectivity index (χ4v) is 1.32. The van der Waals surface area contributed by atoms with Crippen LogP contribution in [0.15, 0.2) is 12.3 Å². The highest BCUT2D eigenvalue weighted by molar-refractivity contribution is 7.46. The van der Waals surface area contributed by atoms with Gasteiger partial charge in [-0.05, 0) is 18.9 Å². The third-order valence-corrected chi connectivity index (χ3v) is 2.08. The molecule has 0 radical (unpaired) electrons. The highest BCUT2D eigenvalue weighted by Crippen LogP contribution is 2.35. The number of hydrogen-bond donors (Lipinski definition) is 2. The Morgan fingerprint density at radius 2 is 2.27 bits per heavy atom. The first kappa shape index (κ1) is 12.1. The van der Waals surface area contributed by atoms with Gasteiger partial charge in [0.05, 0.1) is 0 Å². The van der Waals surface area contributed by atoms with Crippen LogP contribution in [-0.4, -0.2) is 19.8 Å². The zero-order valence-corrected chi connectivity index (χ0v) is 9.22. The van der Waals surface area contributed by atoms with Gasteiger partial charge < -0.3 is 4.52 Å². The number of nitrogens with zero attached hydrogens (tertiary/aromatic N) is 2. The Labute approximate surface area is 87.6 Å². The fraction of sp³-hybridized carbons (Fsp3) is 0.500. The summed E-state index contributed by atoms with van der Waals surface area (Å²) in [6.07, 6.45) is 4.16. The van der Waals surface area contributed by atoms with Crippen molar-refractivity contribution in [3.05, 3.63) is 18.0 Å². The van der Waals surface area contributed by atoms with Crippen LogP contribution < -0.4 is 4.52 Å². The van der Waals surface area contributed by atoms with E-state index in [1.165, 1.54) is 6.20 Å². The van der Waals surface area contributed by atoms with Gasteiger partial charge in [-0.25, -0.2) is 9.55 Å². The molecule has 7 heteroatoms. The molecule has 6 nitrogen and oxygen atoms in total. The van der Waals surface area contributed by atoms with E-state index in [4.69, 9.17) is 9.79 Å². The molecule has 0 aromatic carbocycles. The number of phosphoric ester groups is 1. The molecule has 84 valence electrons. The zero-order valence-electron chi connectivity index (χ0n) is 8.33. The van der Waals surface area contributed by atoms with Gasteiger partial charge in [-0.2, -0.15) is 4.98 Å². The van der Waals surface area contributed by atoms with E-state index >= 15 is 0 Å². The summed E-state index contributed by atoms with van der Waals surface area (Å²) in [5.74, 6) is 0. The summed E-state index contributed by atoms with van der Waals surface area (Å²) >= 11 is 0. The predicted molar refractivity (Wildman–Crippen MR) is 53.3 cm³/mol. The Bertz CT molecular complexity index is 365. The second-order valence-corrected chi connectivity index (χ2v) is 4.18. The van der Waals surface area contributed by atoms with Crippen LogP contribution in [-0.2, 0) is 11.0 Å². The van der Waals surface area contributed by atoms with Gasteiger partial charge in [0.15, 0.2) is 0 Å². The topological polar surface area (TPSA) is 92.5 Å². The lowest BCUT2D eigenvalue weighted by Gasteiger charge is -2.05. The minimum absolute atomic E-state index is 0.281. The highest BCUT2D eigenvalue weighted by Gasteiger charge is 2.17. The van der Waals surface area contributed by atoms with E-state index in [1.54, 1.807) is 6.07 Å². The Hall–Kier alpha value is -0.970. The van der Waals surface area contributed by atoms with Gasteiger partial charge in [0, 0.05) is 11.9 Å². The summed E-state index contributed by atoms with van der Waals surface area (Å²) < 4.78 is 14.8. The molecule has 1 rings (SSSR count). The third kappa shape index (κ3) is 4.88. The smallest absolute Gasteiger partial charge is 0.368 e. The Morgan fingerprint density at radius 3 is 2.87 bits per heavy atom. The van der Waals surface area contributed by atoms with E-state index in [0.717, 1.165) is 25.0 Å². The molecule has 0 aliphatic carbocycles. The summed E-state index contributed by atoms with van der Waals surface area (Å²) in [6, 6.07) is 1.42. The summed E-state index contributed by atoms with van der Waals surface area (Å²) in [4.78, 5) is 24.6. The first-order chi connectivity index (χ1) is 7.01. The molecule has 0 bridgehead atoms. The zero-order chi connectivity index (χ0) is 11.3. The van der Waals surface area contributed by atoms with Gasteiger partial charge in [0.1, 0.15) is 0 Å². The Morgan fingerprint density at radius 1 is 1.53 bits per heavy atom. The SMILES string of the molecule is CCCCc1ccnc(OP(=O)(O)O)n1. The lowest BCUT2D eigenvalue weighted by molar-refractivity contribution is 0.275. The van der Waals surface area contributed by atoms with E-state index in [-0.39, 0.29) is 6.01 Å². The minimum Gasteiger partial charge on any atom is -0.368 e. The van der Waals surface area contributed by atoms with E-state index in [2.05, 4.69) is 14.5 Å². The van der Waals surface area contributed by atoms with Crippen molar-refractivity contribution < 1.29 is 18.9 Å². The lowest BCUT2D eigenvalue weighted by atomic mass is 10.2. The third-order valence-electron chi connectivity index (χ3n) is 1.68. The second-order valence-electron chi connectivity index (χ2n) is 3.02. The molecule has 0 amide bonds. The molecule has 0 fully saturated rings. The van der Waals surface area contributed by atoms with Crippen molar-refractivity contribution in [2.75, 3.05) is 0 Å². The molecule has 0 unspecified atom stereocenters. The van der Waals surface area contributed by atoms with E-state index in [0.29, 0.717) is 0 Å². The summed E-state index contributed by atoms with van der Waals surface area (Å²) in [5, 5.41) is 0. The summed E-state index contributed by atoms with van der Waals surface area (Å²) in [5.41, 5.74) is 0.718. The number of hydrogen-bond acceptors (Lipinski definition) is 4. The Kier molecular flexibility index (Phi) is 4.20. The van der Waals surface area contributed by atoms with Crippen molar-refractivity contribution in [3.63, 3.8) is 0 Å². The van der Waals surface area contributed by atoms with Crippen LogP contribution >= 0.6 is 7.82 Å². The molecule has 0 aliphatic heterocycles. The molecule has 2 N–H and O–H groups in total. The number of aryl methyl sites for hydroxylation is 1. The van der Waals surface area contributed by atoms with Crippen LogP contribution in [0.25, 0.3) is 0 Å². The second kappa shape index (κ2) is 5.21. The number of unbranched alkanes of at least 4 members (excludes halogenated alkanes) is 1. The van der Waals surface area contributed by atoms with E-state index in [1.807, 2.05) is 6.92 Å². The molecule has 1 aromatic rings. The van der Waals surface area contributed by atoms with Crippen LogP contribution in [0, 0.1) is 0 Å². The molecule has 1 heterocycles. The van der Waals surface area contributed by atoms with Gasteiger partial charge in [0.2, 0.25) is 0 Å². The molecular formula is C8H13N2O4P. The van der Waals surface area contributed by atoms with Gasteiger partial charge >= 0.3 is 13.8 Å². The average Bonchev–Trinajstić information content (AvgIpc) is 2.12. The lowest BCUT2D eigenvalue weighted by Crippen LogP contribution is -1.98. The summed E-state index contributed by atoms with van der Waals surface area (Å²) in [6.45, 7) is 2.05. The van der Waals surface area contributed by atoms with Gasteiger partial charge in [-0.15, -0.1) is 0 Å². The number of phosphoric acid groups is 1. The van der Waals surface area contributed by atoms with Crippen molar-refractivity contribution in [3.8, 4) is 6.01 Å². The maximum Gasteiger partial charge on any atom is 0.527 e. The van der Waals surface area contributed by atoms with Crippen molar-refractivity contribution in [1.29, 1.82) is 0 Å². The monoisotopic (exact) mass is 232 g/mol. The normalized spacial score (nSPS) is 11.4. The van der Waals surface area contributed by atoms with E-state index in [9.17, 15) is 4.57 Å². The minimum atomic E-state index is -4.56. The van der Waals surface area contributed by atoms with Crippen molar-refractivity contribution in [2.24, 2.45) is 0 Å². The number of rotatable bonds is 5. The number of aromatic nitrogens is 2.